The summed E-state index contributed by atoms with van der Waals surface area (Å²) in [5.41, 5.74) is 2.57. The molecule has 0 bridgehead atoms. The molecule has 0 saturated heterocycles. The summed E-state index contributed by atoms with van der Waals surface area (Å²) in [5, 5.41) is 0.945. The third-order valence-corrected chi connectivity index (χ3v) is 4.87. The van der Waals surface area contributed by atoms with Crippen LogP contribution in [0.2, 0.25) is 5.02 Å². The lowest BCUT2D eigenvalue weighted by molar-refractivity contribution is 0.463. The number of hydrogen-bond donors (Lipinski definition) is 0. The van der Waals surface area contributed by atoms with Crippen LogP contribution in [0, 0.1) is 12.8 Å². The molecule has 2 unspecified atom stereocenters. The van der Waals surface area contributed by atoms with Crippen LogP contribution in [-0.2, 0) is 6.42 Å². The lowest BCUT2D eigenvalue weighted by Gasteiger charge is -2.17. The first-order valence-corrected chi connectivity index (χ1v) is 7.83. The van der Waals surface area contributed by atoms with Gasteiger partial charge >= 0.3 is 0 Å². The molecule has 0 nitrogen and oxygen atoms in total. The van der Waals surface area contributed by atoms with Gasteiger partial charge in [-0.05, 0) is 49.3 Å². The zero-order valence-electron chi connectivity index (χ0n) is 10.4. The Labute approximate surface area is 118 Å². The highest BCUT2D eigenvalue weighted by atomic mass is 79.9. The van der Waals surface area contributed by atoms with E-state index >= 15 is 0 Å². The molecule has 1 aromatic rings. The summed E-state index contributed by atoms with van der Waals surface area (Å²) < 4.78 is 0. The smallest absolute Gasteiger partial charge is 0.0440 e. The first-order valence-electron chi connectivity index (χ1n) is 6.54. The Morgan fingerprint density at radius 3 is 2.82 bits per heavy atom. The fraction of sp³-hybridized carbons (Fsp3) is 0.600. The maximum atomic E-state index is 6.31. The monoisotopic (exact) mass is 314 g/mol. The van der Waals surface area contributed by atoms with Crippen LogP contribution >= 0.6 is 27.5 Å². The van der Waals surface area contributed by atoms with E-state index in [0.717, 1.165) is 17.4 Å². The van der Waals surface area contributed by atoms with Crippen LogP contribution in [0.25, 0.3) is 0 Å². The van der Waals surface area contributed by atoms with Gasteiger partial charge in [0.05, 0.1) is 0 Å². The minimum Gasteiger partial charge on any atom is -0.0891 e. The van der Waals surface area contributed by atoms with Crippen molar-refractivity contribution in [1.82, 2.24) is 0 Å². The summed E-state index contributed by atoms with van der Waals surface area (Å²) in [6.07, 6.45) is 7.86. The van der Waals surface area contributed by atoms with Gasteiger partial charge in [0.1, 0.15) is 0 Å². The summed E-state index contributed by atoms with van der Waals surface area (Å²) in [7, 11) is 0. The van der Waals surface area contributed by atoms with Gasteiger partial charge in [0.15, 0.2) is 0 Å². The molecule has 1 aromatic carbocycles. The highest BCUT2D eigenvalue weighted by Gasteiger charge is 2.19. The van der Waals surface area contributed by atoms with E-state index < -0.39 is 0 Å². The quantitative estimate of drug-likeness (QED) is 0.497. The van der Waals surface area contributed by atoms with Crippen molar-refractivity contribution >= 4 is 27.5 Å². The first kappa shape index (κ1) is 13.4. The normalized spacial score (nSPS) is 25.6. The van der Waals surface area contributed by atoms with Gasteiger partial charge in [0.25, 0.3) is 0 Å². The minimum absolute atomic E-state index is 0.708. The van der Waals surface area contributed by atoms with Crippen LogP contribution in [-0.4, -0.2) is 4.83 Å². The topological polar surface area (TPSA) is 0 Å². The van der Waals surface area contributed by atoms with Gasteiger partial charge in [0.2, 0.25) is 0 Å². The third-order valence-electron chi connectivity index (χ3n) is 3.69. The predicted octanol–water partition coefficient (Wildman–Crippen LogP) is 5.53. The Morgan fingerprint density at radius 2 is 2.06 bits per heavy atom. The van der Waals surface area contributed by atoms with Crippen molar-refractivity contribution in [2.75, 3.05) is 0 Å². The molecule has 1 aliphatic carbocycles. The van der Waals surface area contributed by atoms with E-state index in [-0.39, 0.29) is 0 Å². The number of halogens is 2. The van der Waals surface area contributed by atoms with Crippen LogP contribution in [0.3, 0.4) is 0 Å². The number of aryl methyl sites for hydroxylation is 1. The minimum atomic E-state index is 0.708. The SMILES string of the molecule is Cc1ccc(CC2CCCCC(Br)C2)c(Cl)c1. The average molecular weight is 316 g/mol. The molecule has 1 fully saturated rings. The van der Waals surface area contributed by atoms with E-state index in [9.17, 15) is 0 Å². The lowest BCUT2D eigenvalue weighted by Crippen LogP contribution is -2.08. The van der Waals surface area contributed by atoms with Crippen LogP contribution in [0.1, 0.15) is 43.2 Å². The Kier molecular flexibility index (Phi) is 4.93. The van der Waals surface area contributed by atoms with Crippen LogP contribution < -0.4 is 0 Å². The van der Waals surface area contributed by atoms with E-state index in [2.05, 4.69) is 41.1 Å². The van der Waals surface area contributed by atoms with E-state index in [1.807, 2.05) is 0 Å². The zero-order chi connectivity index (χ0) is 12.3. The molecule has 2 rings (SSSR count). The van der Waals surface area contributed by atoms with Gasteiger partial charge in [-0.25, -0.2) is 0 Å². The van der Waals surface area contributed by atoms with Crippen LogP contribution in [0.4, 0.5) is 0 Å². The average Bonchev–Trinajstić information content (AvgIpc) is 2.47. The lowest BCUT2D eigenvalue weighted by atomic mass is 9.92. The Hall–Kier alpha value is -0.0100. The molecule has 2 atom stereocenters. The van der Waals surface area contributed by atoms with Gasteiger partial charge in [-0.3, -0.25) is 0 Å². The maximum absolute atomic E-state index is 6.31. The molecule has 0 heterocycles. The van der Waals surface area contributed by atoms with Crippen molar-refractivity contribution in [1.29, 1.82) is 0 Å². The fourth-order valence-electron chi connectivity index (χ4n) is 2.71. The van der Waals surface area contributed by atoms with Crippen molar-refractivity contribution in [2.24, 2.45) is 5.92 Å². The van der Waals surface area contributed by atoms with E-state index in [4.69, 9.17) is 11.6 Å². The van der Waals surface area contributed by atoms with Crippen molar-refractivity contribution < 1.29 is 0 Å². The molecule has 0 aromatic heterocycles. The molecule has 1 saturated carbocycles. The fourth-order valence-corrected chi connectivity index (χ4v) is 3.88. The summed E-state index contributed by atoms with van der Waals surface area (Å²) >= 11 is 10.1. The van der Waals surface area contributed by atoms with Crippen molar-refractivity contribution in [3.63, 3.8) is 0 Å². The van der Waals surface area contributed by atoms with Crippen LogP contribution in [0.15, 0.2) is 18.2 Å². The number of hydrogen-bond acceptors (Lipinski definition) is 0. The number of benzene rings is 1. The summed E-state index contributed by atoms with van der Waals surface area (Å²) in [6.45, 7) is 2.09. The molecule has 94 valence electrons. The number of rotatable bonds is 2. The van der Waals surface area contributed by atoms with Crippen molar-refractivity contribution in [3.8, 4) is 0 Å². The third kappa shape index (κ3) is 3.99. The highest BCUT2D eigenvalue weighted by Crippen LogP contribution is 2.31. The molecule has 1 aliphatic rings. The Bertz CT molecular complexity index is 375. The van der Waals surface area contributed by atoms with Crippen LogP contribution in [0.5, 0.6) is 0 Å². The van der Waals surface area contributed by atoms with Gasteiger partial charge in [-0.1, -0.05) is 58.9 Å². The second-order valence-electron chi connectivity index (χ2n) is 5.28. The second-order valence-corrected chi connectivity index (χ2v) is 6.98. The van der Waals surface area contributed by atoms with Crippen molar-refractivity contribution in [2.45, 2.75) is 50.3 Å². The highest BCUT2D eigenvalue weighted by molar-refractivity contribution is 9.09. The molecule has 0 spiro atoms. The van der Waals surface area contributed by atoms with Gasteiger partial charge in [-0.15, -0.1) is 0 Å². The molecule has 0 radical (unpaired) electrons. The van der Waals surface area contributed by atoms with Gasteiger partial charge < -0.3 is 0 Å². The van der Waals surface area contributed by atoms with E-state index in [1.165, 1.54) is 43.2 Å². The molecule has 0 amide bonds. The molecule has 2 heteroatoms. The summed E-state index contributed by atoms with van der Waals surface area (Å²) in [6, 6.07) is 6.45. The van der Waals surface area contributed by atoms with Crippen molar-refractivity contribution in [3.05, 3.63) is 34.3 Å². The van der Waals surface area contributed by atoms with E-state index in [0.29, 0.717) is 4.83 Å². The molecular formula is C15H20BrCl. The zero-order valence-corrected chi connectivity index (χ0v) is 12.7. The van der Waals surface area contributed by atoms with Gasteiger partial charge in [0, 0.05) is 9.85 Å². The molecular weight excluding hydrogens is 296 g/mol. The predicted molar refractivity (Wildman–Crippen MR) is 79.2 cm³/mol. The first-order chi connectivity index (χ1) is 8.15. The maximum Gasteiger partial charge on any atom is 0.0440 e. The Balaban J connectivity index is 2.03. The molecule has 17 heavy (non-hydrogen) atoms. The van der Waals surface area contributed by atoms with E-state index in [1.54, 1.807) is 0 Å². The second kappa shape index (κ2) is 6.24. The Morgan fingerprint density at radius 1 is 1.29 bits per heavy atom. The number of alkyl halides is 1. The van der Waals surface area contributed by atoms with Gasteiger partial charge in [-0.2, -0.15) is 0 Å². The largest absolute Gasteiger partial charge is 0.0891 e. The standard InChI is InChI=1S/C15H20BrCl/c1-11-6-7-13(15(17)8-11)9-12-4-2-3-5-14(16)10-12/h6-8,12,14H,2-5,9-10H2,1H3. The summed E-state index contributed by atoms with van der Waals surface area (Å²) in [5.74, 6) is 0.794. The molecule has 0 aliphatic heterocycles. The summed E-state index contributed by atoms with van der Waals surface area (Å²) in [4.78, 5) is 0.708. The molecule has 0 N–H and O–H groups in total.